The zero-order chi connectivity index (χ0) is 41.5. The van der Waals surface area contributed by atoms with Crippen LogP contribution in [-0.2, 0) is 20.8 Å². The Balaban J connectivity index is 0.792. The normalized spacial score (nSPS) is 23.1. The third-order valence-electron chi connectivity index (χ3n) is 12.9. The van der Waals surface area contributed by atoms with Crippen LogP contribution in [0.5, 0.6) is 0 Å². The van der Waals surface area contributed by atoms with E-state index in [4.69, 9.17) is 6.57 Å². The van der Waals surface area contributed by atoms with Crippen LogP contribution in [0.1, 0.15) is 71.4 Å². The molecule has 59 heavy (non-hydrogen) atoms. The highest BCUT2D eigenvalue weighted by Crippen LogP contribution is 2.33. The fourth-order valence-corrected chi connectivity index (χ4v) is 9.54. The molecule has 5 aliphatic heterocycles. The average Bonchev–Trinajstić information content (AvgIpc) is 3.47. The third-order valence-corrected chi connectivity index (χ3v) is 12.9. The minimum absolute atomic E-state index is 0.00503. The van der Waals surface area contributed by atoms with Crippen molar-refractivity contribution in [1.82, 2.24) is 20.0 Å². The summed E-state index contributed by atoms with van der Waals surface area (Å²) < 4.78 is 15.6. The average molecular weight is 803 g/mol. The second-order valence-corrected chi connectivity index (χ2v) is 16.8. The lowest BCUT2D eigenvalue weighted by Crippen LogP contribution is -2.58. The van der Waals surface area contributed by atoms with Gasteiger partial charge in [-0.25, -0.2) is 9.24 Å². The predicted octanol–water partition coefficient (Wildman–Crippen LogP) is 4.79. The van der Waals surface area contributed by atoms with Gasteiger partial charge in [0.1, 0.15) is 11.9 Å². The van der Waals surface area contributed by atoms with E-state index in [0.29, 0.717) is 35.9 Å². The highest BCUT2D eigenvalue weighted by atomic mass is 19.1. The van der Waals surface area contributed by atoms with Crippen molar-refractivity contribution in [2.24, 2.45) is 5.92 Å². The molecule has 0 spiro atoms. The summed E-state index contributed by atoms with van der Waals surface area (Å²) in [5.41, 5.74) is 5.33. The third kappa shape index (κ3) is 8.00. The van der Waals surface area contributed by atoms with Crippen molar-refractivity contribution >= 4 is 52.3 Å². The topological polar surface area (TPSA) is 121 Å². The summed E-state index contributed by atoms with van der Waals surface area (Å²) in [7, 11) is 0. The highest BCUT2D eigenvalue weighted by Gasteiger charge is 2.45. The Kier molecular flexibility index (Phi) is 11.1. The predicted molar refractivity (Wildman–Crippen MR) is 222 cm³/mol. The number of hydrogen-bond acceptors (Lipinski definition) is 9. The van der Waals surface area contributed by atoms with Crippen molar-refractivity contribution in [1.29, 1.82) is 0 Å². The van der Waals surface area contributed by atoms with E-state index in [1.807, 2.05) is 48.2 Å². The molecule has 13 nitrogen and oxygen atoms in total. The molecule has 4 saturated heterocycles. The molecular weight excluding hydrogens is 752 g/mol. The summed E-state index contributed by atoms with van der Waals surface area (Å²) in [5, 5.41) is 2.24. The largest absolute Gasteiger partial charge is 0.369 e. The summed E-state index contributed by atoms with van der Waals surface area (Å²) in [4.78, 5) is 79.6. The van der Waals surface area contributed by atoms with Gasteiger partial charge in [-0.2, -0.15) is 0 Å². The first-order valence-corrected chi connectivity index (χ1v) is 20.8. The molecule has 0 saturated carbocycles. The molecule has 5 amide bonds. The molecule has 5 heterocycles. The Morgan fingerprint density at radius 2 is 1.54 bits per heavy atom. The molecule has 5 aliphatic rings. The molecule has 14 heteroatoms. The van der Waals surface area contributed by atoms with Gasteiger partial charge in [0.15, 0.2) is 5.69 Å². The van der Waals surface area contributed by atoms with E-state index in [2.05, 4.69) is 43.6 Å². The van der Waals surface area contributed by atoms with Gasteiger partial charge in [-0.15, -0.1) is 0 Å². The number of anilines is 3. The number of hydrogen-bond donors (Lipinski definition) is 1. The molecule has 0 aromatic heterocycles. The Morgan fingerprint density at radius 1 is 0.814 bits per heavy atom. The van der Waals surface area contributed by atoms with Crippen LogP contribution >= 0.6 is 0 Å². The molecule has 4 fully saturated rings. The maximum absolute atomic E-state index is 15.6. The summed E-state index contributed by atoms with van der Waals surface area (Å²) in [6.45, 7) is 20.4. The van der Waals surface area contributed by atoms with Gasteiger partial charge in [0.25, 0.3) is 11.8 Å². The second kappa shape index (κ2) is 16.4. The standard InChI is InChI=1S/C45H51FN8O5/c1-28-21-34(7-9-38(28)47-4)52-25-30(3)53(26-29(52)2)42(56)23-32-5-10-39(37(46)22-32)51-15-13-31(14-16-51)27-49-17-19-50(20-18-49)33-6-8-35-36(24-33)45(59)54(44(35)58)40-11-12-41(55)48-43(40)57/h5-10,21-22,24,29-31,40H,11-20,23,25-27H2,1-3H3,(H,48,55,57)/t29-,30+,40?/m0/s1. The zero-order valence-electron chi connectivity index (χ0n) is 34.0. The van der Waals surface area contributed by atoms with Crippen molar-refractivity contribution in [3.63, 3.8) is 0 Å². The summed E-state index contributed by atoms with van der Waals surface area (Å²) in [6, 6.07) is 15.5. The minimum Gasteiger partial charge on any atom is -0.369 e. The van der Waals surface area contributed by atoms with Gasteiger partial charge in [0.2, 0.25) is 17.7 Å². The number of nitrogens with one attached hydrogen (secondary N) is 1. The van der Waals surface area contributed by atoms with Crippen LogP contribution in [0, 0.1) is 25.2 Å². The number of amides is 5. The van der Waals surface area contributed by atoms with E-state index >= 15 is 4.39 Å². The molecule has 3 aromatic rings. The van der Waals surface area contributed by atoms with Gasteiger partial charge in [-0.05, 0) is 99.5 Å². The number of fused-ring (bicyclic) bond motifs is 1. The molecule has 3 aromatic carbocycles. The molecule has 0 aliphatic carbocycles. The van der Waals surface area contributed by atoms with Crippen molar-refractivity contribution in [2.45, 2.75) is 71.0 Å². The van der Waals surface area contributed by atoms with Crippen LogP contribution in [0.15, 0.2) is 54.6 Å². The molecule has 0 bridgehead atoms. The van der Waals surface area contributed by atoms with Gasteiger partial charge in [-0.1, -0.05) is 12.1 Å². The molecule has 1 N–H and O–H groups in total. The van der Waals surface area contributed by atoms with Gasteiger partial charge < -0.3 is 19.6 Å². The minimum atomic E-state index is -0.985. The van der Waals surface area contributed by atoms with Crippen molar-refractivity contribution in [3.05, 3.63) is 94.1 Å². The maximum atomic E-state index is 15.6. The summed E-state index contributed by atoms with van der Waals surface area (Å²) >= 11 is 0. The fraction of sp³-hybridized carbons (Fsp3) is 0.467. The van der Waals surface area contributed by atoms with Crippen LogP contribution in [0.3, 0.4) is 0 Å². The van der Waals surface area contributed by atoms with E-state index in [0.717, 1.165) is 80.5 Å². The lowest BCUT2D eigenvalue weighted by molar-refractivity contribution is -0.136. The van der Waals surface area contributed by atoms with E-state index in [-0.39, 0.29) is 54.2 Å². The number of carbonyl (C=O) groups is 5. The molecule has 3 atom stereocenters. The number of halogens is 1. The number of nitrogens with zero attached hydrogens (tertiary/aromatic N) is 7. The molecule has 308 valence electrons. The monoisotopic (exact) mass is 802 g/mol. The maximum Gasteiger partial charge on any atom is 0.262 e. The first kappa shape index (κ1) is 40.0. The van der Waals surface area contributed by atoms with Gasteiger partial charge in [0, 0.05) is 88.8 Å². The number of imide groups is 2. The van der Waals surface area contributed by atoms with E-state index in [1.54, 1.807) is 12.1 Å². The Bertz CT molecular complexity index is 2230. The smallest absolute Gasteiger partial charge is 0.262 e. The Morgan fingerprint density at radius 3 is 2.24 bits per heavy atom. The Hall–Kier alpha value is -5.81. The zero-order valence-corrected chi connectivity index (χ0v) is 34.0. The van der Waals surface area contributed by atoms with Crippen molar-refractivity contribution < 1.29 is 28.4 Å². The number of aryl methyl sites for hydroxylation is 1. The van der Waals surface area contributed by atoms with Crippen LogP contribution in [0.25, 0.3) is 4.85 Å². The number of piperidine rings is 2. The molecule has 1 unspecified atom stereocenters. The van der Waals surface area contributed by atoms with Crippen molar-refractivity contribution in [3.8, 4) is 0 Å². The Labute approximate surface area is 344 Å². The van der Waals surface area contributed by atoms with Crippen LogP contribution in [-0.4, -0.2) is 121 Å². The number of rotatable bonds is 8. The second-order valence-electron chi connectivity index (χ2n) is 16.8. The first-order chi connectivity index (χ1) is 28.4. The quantitative estimate of drug-likeness (QED) is 0.253. The van der Waals surface area contributed by atoms with Crippen molar-refractivity contribution in [2.75, 3.05) is 73.6 Å². The number of benzene rings is 3. The van der Waals surface area contributed by atoms with Gasteiger partial charge >= 0.3 is 0 Å². The van der Waals surface area contributed by atoms with Crippen LogP contribution in [0.2, 0.25) is 0 Å². The fourth-order valence-electron chi connectivity index (χ4n) is 9.54. The van der Waals surface area contributed by atoms with Crippen LogP contribution < -0.4 is 20.0 Å². The molecular formula is C45H51FN8O5. The van der Waals surface area contributed by atoms with E-state index in [9.17, 15) is 24.0 Å². The molecule has 8 rings (SSSR count). The lowest BCUT2D eigenvalue weighted by atomic mass is 9.95. The summed E-state index contributed by atoms with van der Waals surface area (Å²) in [5.74, 6) is -1.83. The number of carbonyl (C=O) groups excluding carboxylic acids is 5. The van der Waals surface area contributed by atoms with Crippen LogP contribution in [0.4, 0.5) is 27.1 Å². The number of piperazine rings is 2. The summed E-state index contributed by atoms with van der Waals surface area (Å²) in [6.07, 6.45) is 2.26. The van der Waals surface area contributed by atoms with E-state index in [1.165, 1.54) is 6.07 Å². The van der Waals surface area contributed by atoms with Gasteiger partial charge in [-0.3, -0.25) is 39.1 Å². The first-order valence-electron chi connectivity index (χ1n) is 20.8. The molecule has 0 radical (unpaired) electrons. The SMILES string of the molecule is [C-]#[N+]c1ccc(N2C[C@@H](C)N(C(=O)Cc3ccc(N4CCC(CN5CCN(c6ccc7c(c6)C(=O)N(C6CCC(=O)NC6=O)C7=O)CC5)CC4)c(F)c3)C[C@@H]2C)cc1C. The lowest BCUT2D eigenvalue weighted by Gasteiger charge is -2.45. The van der Waals surface area contributed by atoms with E-state index < -0.39 is 29.7 Å². The highest BCUT2D eigenvalue weighted by molar-refractivity contribution is 6.23. The van der Waals surface area contributed by atoms with Gasteiger partial charge in [0.05, 0.1) is 29.8 Å².